The van der Waals surface area contributed by atoms with Crippen LogP contribution in [-0.2, 0) is 4.79 Å². The molecule has 0 saturated carbocycles. The molecule has 0 radical (unpaired) electrons. The van der Waals surface area contributed by atoms with Gasteiger partial charge in [0, 0.05) is 5.92 Å². The maximum Gasteiger partial charge on any atom is 1.00 e. The molecule has 0 aromatic carbocycles. The van der Waals surface area contributed by atoms with E-state index in [-0.39, 0.29) is 29.6 Å². The van der Waals surface area contributed by atoms with Crippen molar-refractivity contribution in [3.63, 3.8) is 0 Å². The van der Waals surface area contributed by atoms with Crippen LogP contribution >= 0.6 is 0 Å². The van der Waals surface area contributed by atoms with Gasteiger partial charge in [0.15, 0.2) is 0 Å². The number of carbonyl (C=O) groups excluding carboxylic acids is 1. The van der Waals surface area contributed by atoms with Crippen LogP contribution < -0.4 is 34.7 Å². The van der Waals surface area contributed by atoms with Gasteiger partial charge in [-0.05, 0) is 31.3 Å². The average Bonchev–Trinajstić information content (AvgIpc) is 2.47. The normalized spacial score (nSPS) is 25.2. The number of aliphatic carboxylic acids is 1. The van der Waals surface area contributed by atoms with Crippen LogP contribution in [0.1, 0.15) is 38.5 Å². The summed E-state index contributed by atoms with van der Waals surface area (Å²) in [6.07, 6.45) is 10.6. The summed E-state index contributed by atoms with van der Waals surface area (Å²) in [5.41, 5.74) is 2.38. The quantitative estimate of drug-likeness (QED) is 0.502. The van der Waals surface area contributed by atoms with Crippen molar-refractivity contribution in [2.45, 2.75) is 38.5 Å². The van der Waals surface area contributed by atoms with Gasteiger partial charge in [0.2, 0.25) is 0 Å². The van der Waals surface area contributed by atoms with E-state index in [2.05, 4.69) is 0 Å². The number of rotatable bonds is 1. The Morgan fingerprint density at radius 3 is 2.53 bits per heavy atom. The summed E-state index contributed by atoms with van der Waals surface area (Å²) in [5.74, 6) is -1.37. The second-order valence-electron chi connectivity index (χ2n) is 4.12. The second-order valence-corrected chi connectivity index (χ2v) is 4.12. The van der Waals surface area contributed by atoms with Gasteiger partial charge in [-0.2, -0.15) is 0 Å². The number of hydrogen-bond donors (Lipinski definition) is 0. The first-order chi connectivity index (χ1) is 6.79. The number of allylic oxidation sites excluding steroid dienone is 2. The molecule has 0 spiro atoms. The molecule has 1 atom stereocenters. The van der Waals surface area contributed by atoms with Crippen LogP contribution in [0, 0.1) is 5.92 Å². The van der Waals surface area contributed by atoms with E-state index in [0.717, 1.165) is 24.8 Å². The van der Waals surface area contributed by atoms with E-state index in [9.17, 15) is 9.90 Å². The zero-order valence-electron chi connectivity index (χ0n) is 9.29. The summed E-state index contributed by atoms with van der Waals surface area (Å²) < 4.78 is 0. The summed E-state index contributed by atoms with van der Waals surface area (Å²) in [4.78, 5) is 10.9. The molecule has 0 amide bonds. The van der Waals surface area contributed by atoms with Crippen LogP contribution in [0.3, 0.4) is 0 Å². The monoisotopic (exact) mass is 214 g/mol. The van der Waals surface area contributed by atoms with E-state index in [1.807, 2.05) is 6.08 Å². The Bertz CT molecular complexity index is 305. The van der Waals surface area contributed by atoms with Crippen molar-refractivity contribution >= 4 is 5.97 Å². The Balaban J connectivity index is 0.00000112. The van der Waals surface area contributed by atoms with E-state index in [1.165, 1.54) is 24.8 Å². The van der Waals surface area contributed by atoms with E-state index in [4.69, 9.17) is 0 Å². The van der Waals surface area contributed by atoms with E-state index < -0.39 is 11.9 Å². The molecule has 0 N–H and O–H groups in total. The van der Waals surface area contributed by atoms with Crippen molar-refractivity contribution in [3.05, 3.63) is 23.3 Å². The first kappa shape index (κ1) is 13.0. The third-order valence-electron chi connectivity index (χ3n) is 3.17. The van der Waals surface area contributed by atoms with Gasteiger partial charge in [0.25, 0.3) is 0 Å². The van der Waals surface area contributed by atoms with Gasteiger partial charge in [-0.1, -0.05) is 30.6 Å². The minimum atomic E-state index is -0.938. The van der Waals surface area contributed by atoms with Crippen LogP contribution in [0.4, 0.5) is 0 Å². The Hall–Kier alpha value is -0.0500. The van der Waals surface area contributed by atoms with Gasteiger partial charge >= 0.3 is 29.6 Å². The predicted molar refractivity (Wildman–Crippen MR) is 52.4 cm³/mol. The minimum absolute atomic E-state index is 0. The van der Waals surface area contributed by atoms with E-state index in [0.29, 0.717) is 0 Å². The van der Waals surface area contributed by atoms with Crippen LogP contribution in [0.25, 0.3) is 0 Å². The molecule has 0 aromatic heterocycles. The van der Waals surface area contributed by atoms with Crippen molar-refractivity contribution in [1.82, 2.24) is 0 Å². The summed E-state index contributed by atoms with van der Waals surface area (Å²) in [5, 5.41) is 10.9. The SMILES string of the molecule is O=C([O-])C1C=CC2=C1CCCCCC2.[Na+]. The molecule has 0 bridgehead atoms. The largest absolute Gasteiger partial charge is 1.00 e. The predicted octanol–water partition coefficient (Wildman–Crippen LogP) is -1.42. The molecule has 0 aromatic rings. The molecular weight excluding hydrogens is 199 g/mol. The molecule has 2 aliphatic carbocycles. The van der Waals surface area contributed by atoms with Crippen LogP contribution in [0.5, 0.6) is 0 Å². The Kier molecular flexibility index (Phi) is 5.10. The third kappa shape index (κ3) is 2.96. The maximum absolute atomic E-state index is 10.9. The van der Waals surface area contributed by atoms with E-state index >= 15 is 0 Å². The summed E-state index contributed by atoms with van der Waals surface area (Å²) >= 11 is 0. The summed E-state index contributed by atoms with van der Waals surface area (Å²) in [6, 6.07) is 0. The second kappa shape index (κ2) is 5.88. The van der Waals surface area contributed by atoms with Crippen LogP contribution in [-0.4, -0.2) is 5.97 Å². The average molecular weight is 214 g/mol. The van der Waals surface area contributed by atoms with Crippen molar-refractivity contribution in [1.29, 1.82) is 0 Å². The Morgan fingerprint density at radius 2 is 1.87 bits per heavy atom. The van der Waals surface area contributed by atoms with Gasteiger partial charge in [-0.3, -0.25) is 0 Å². The van der Waals surface area contributed by atoms with Crippen molar-refractivity contribution in [3.8, 4) is 0 Å². The molecule has 3 heteroatoms. The summed E-state index contributed by atoms with van der Waals surface area (Å²) in [7, 11) is 0. The zero-order valence-corrected chi connectivity index (χ0v) is 11.3. The molecule has 2 rings (SSSR count). The van der Waals surface area contributed by atoms with Gasteiger partial charge in [0.1, 0.15) is 0 Å². The van der Waals surface area contributed by atoms with Crippen molar-refractivity contribution in [2.75, 3.05) is 0 Å². The van der Waals surface area contributed by atoms with Gasteiger partial charge in [0.05, 0.1) is 5.97 Å². The number of carboxylic acids is 1. The molecule has 1 unspecified atom stereocenters. The Morgan fingerprint density at radius 1 is 1.20 bits per heavy atom. The number of carboxylic acid groups (broad SMARTS) is 1. The van der Waals surface area contributed by atoms with Gasteiger partial charge in [-0.25, -0.2) is 0 Å². The first-order valence-electron chi connectivity index (χ1n) is 5.40. The fourth-order valence-corrected chi connectivity index (χ4v) is 2.40. The molecule has 0 saturated heterocycles. The molecule has 0 aliphatic heterocycles. The molecule has 76 valence electrons. The minimum Gasteiger partial charge on any atom is -0.549 e. The molecule has 0 fully saturated rings. The first-order valence-corrected chi connectivity index (χ1v) is 5.40. The number of hydrogen-bond acceptors (Lipinski definition) is 2. The van der Waals surface area contributed by atoms with Crippen molar-refractivity contribution < 1.29 is 39.5 Å². The maximum atomic E-state index is 10.9. The Labute approximate surface area is 113 Å². The fourth-order valence-electron chi connectivity index (χ4n) is 2.40. The van der Waals surface area contributed by atoms with Crippen LogP contribution in [0.15, 0.2) is 23.3 Å². The van der Waals surface area contributed by atoms with Gasteiger partial charge < -0.3 is 9.90 Å². The third-order valence-corrected chi connectivity index (χ3v) is 3.17. The van der Waals surface area contributed by atoms with Gasteiger partial charge in [-0.15, -0.1) is 0 Å². The molecule has 0 heterocycles. The van der Waals surface area contributed by atoms with E-state index in [1.54, 1.807) is 6.08 Å². The molecular formula is C12H15NaO2. The zero-order chi connectivity index (χ0) is 9.97. The molecule has 2 aliphatic rings. The smallest absolute Gasteiger partial charge is 0.549 e. The standard InChI is InChI=1S/C12H16O2.Na/c13-12(14)11-8-7-9-5-3-1-2-4-6-10(9)11;/h7-8,11H,1-6H2,(H,13,14);/q;+1/p-1. The molecule has 2 nitrogen and oxygen atoms in total. The van der Waals surface area contributed by atoms with Crippen LogP contribution in [0.2, 0.25) is 0 Å². The topological polar surface area (TPSA) is 40.1 Å². The number of carbonyl (C=O) groups is 1. The molecule has 15 heavy (non-hydrogen) atoms. The van der Waals surface area contributed by atoms with Crippen molar-refractivity contribution in [2.24, 2.45) is 5.92 Å². The fraction of sp³-hybridized carbons (Fsp3) is 0.583. The summed E-state index contributed by atoms with van der Waals surface area (Å²) in [6.45, 7) is 0.